The second-order valence-electron chi connectivity index (χ2n) is 3.87. The molecule has 1 aliphatic rings. The maximum Gasteiger partial charge on any atom is 0.246 e. The molecule has 0 unspecified atom stereocenters. The number of aromatic amines is 1. The zero-order valence-corrected chi connectivity index (χ0v) is 10.0. The van der Waals surface area contributed by atoms with Gasteiger partial charge >= 0.3 is 0 Å². The van der Waals surface area contributed by atoms with Crippen LogP contribution < -0.4 is 5.32 Å². The fourth-order valence-corrected chi connectivity index (χ4v) is 3.40. The Morgan fingerprint density at radius 2 is 2.19 bits per heavy atom. The van der Waals surface area contributed by atoms with E-state index in [1.165, 1.54) is 10.5 Å². The molecule has 7 heteroatoms. The van der Waals surface area contributed by atoms with E-state index >= 15 is 0 Å². The topological polar surface area (TPSA) is 78.1 Å². The molecule has 0 aliphatic carbocycles. The van der Waals surface area contributed by atoms with Gasteiger partial charge in [-0.25, -0.2) is 8.42 Å². The van der Waals surface area contributed by atoms with Crippen molar-refractivity contribution < 1.29 is 8.42 Å². The number of nitrogens with one attached hydrogen (secondary N) is 2. The molecule has 0 saturated carbocycles. The third-order valence-corrected chi connectivity index (χ3v) is 4.71. The molecule has 1 aliphatic heterocycles. The van der Waals surface area contributed by atoms with Gasteiger partial charge in [-0.05, 0) is 19.9 Å². The van der Waals surface area contributed by atoms with Gasteiger partial charge in [-0.2, -0.15) is 9.40 Å². The van der Waals surface area contributed by atoms with Crippen LogP contribution in [0.2, 0.25) is 0 Å². The molecule has 1 aromatic rings. The van der Waals surface area contributed by atoms with Crippen LogP contribution in [-0.2, 0) is 10.0 Å². The molecule has 1 aromatic heterocycles. The van der Waals surface area contributed by atoms with Crippen molar-refractivity contribution in [2.75, 3.05) is 26.2 Å². The molecular weight excluding hydrogens is 228 g/mol. The molecule has 1 fully saturated rings. The molecule has 0 spiro atoms. The van der Waals surface area contributed by atoms with Gasteiger partial charge in [0.15, 0.2) is 0 Å². The van der Waals surface area contributed by atoms with Crippen molar-refractivity contribution in [3.63, 3.8) is 0 Å². The lowest BCUT2D eigenvalue weighted by molar-refractivity contribution is 0.431. The van der Waals surface area contributed by atoms with Gasteiger partial charge in [0.2, 0.25) is 10.0 Å². The zero-order valence-electron chi connectivity index (χ0n) is 9.23. The number of hydrogen-bond acceptors (Lipinski definition) is 4. The first-order valence-corrected chi connectivity index (χ1v) is 6.77. The number of aryl methyl sites for hydroxylation is 1. The van der Waals surface area contributed by atoms with Gasteiger partial charge in [0.25, 0.3) is 0 Å². The molecule has 6 nitrogen and oxygen atoms in total. The average molecular weight is 244 g/mol. The van der Waals surface area contributed by atoms with E-state index in [1.54, 1.807) is 6.92 Å². The average Bonchev–Trinajstić information content (AvgIpc) is 2.55. The van der Waals surface area contributed by atoms with E-state index in [0.29, 0.717) is 25.3 Å². The van der Waals surface area contributed by atoms with E-state index in [-0.39, 0.29) is 4.90 Å². The summed E-state index contributed by atoms with van der Waals surface area (Å²) in [5.41, 5.74) is 0.595. The van der Waals surface area contributed by atoms with Gasteiger partial charge in [0, 0.05) is 19.6 Å². The van der Waals surface area contributed by atoms with Crippen LogP contribution in [0.5, 0.6) is 0 Å². The molecule has 0 radical (unpaired) electrons. The third-order valence-electron chi connectivity index (χ3n) is 2.70. The number of aromatic nitrogens is 2. The summed E-state index contributed by atoms with van der Waals surface area (Å²) in [7, 11) is -3.37. The summed E-state index contributed by atoms with van der Waals surface area (Å²) in [5, 5.41) is 9.60. The summed E-state index contributed by atoms with van der Waals surface area (Å²) in [6.07, 6.45) is 2.22. The van der Waals surface area contributed by atoms with Gasteiger partial charge < -0.3 is 5.32 Å². The van der Waals surface area contributed by atoms with Gasteiger partial charge in [0.05, 0.1) is 11.9 Å². The van der Waals surface area contributed by atoms with Gasteiger partial charge in [0.1, 0.15) is 4.90 Å². The van der Waals surface area contributed by atoms with E-state index in [9.17, 15) is 8.42 Å². The summed E-state index contributed by atoms with van der Waals surface area (Å²) < 4.78 is 26.0. The van der Waals surface area contributed by atoms with Gasteiger partial charge in [-0.1, -0.05) is 0 Å². The highest BCUT2D eigenvalue weighted by molar-refractivity contribution is 7.89. The Kier molecular flexibility index (Phi) is 3.27. The summed E-state index contributed by atoms with van der Waals surface area (Å²) >= 11 is 0. The predicted molar refractivity (Wildman–Crippen MR) is 59.6 cm³/mol. The van der Waals surface area contributed by atoms with E-state index in [4.69, 9.17) is 0 Å². The number of nitrogens with zero attached hydrogens (tertiary/aromatic N) is 2. The standard InChI is InChI=1S/C9H16N4O2S/c1-8-9(7-11-12-8)16(14,15)13-5-2-3-10-4-6-13/h7,10H,2-6H2,1H3,(H,11,12). The highest BCUT2D eigenvalue weighted by Crippen LogP contribution is 2.17. The van der Waals surface area contributed by atoms with Crippen LogP contribution in [-0.4, -0.2) is 49.1 Å². The van der Waals surface area contributed by atoms with Crippen LogP contribution in [0.4, 0.5) is 0 Å². The number of hydrogen-bond donors (Lipinski definition) is 2. The molecule has 16 heavy (non-hydrogen) atoms. The molecular formula is C9H16N4O2S. The second-order valence-corrected chi connectivity index (χ2v) is 5.77. The Hall–Kier alpha value is -0.920. The van der Waals surface area contributed by atoms with Crippen LogP contribution >= 0.6 is 0 Å². The Labute approximate surface area is 95.1 Å². The number of rotatable bonds is 2. The lowest BCUT2D eigenvalue weighted by atomic mass is 10.4. The maximum atomic E-state index is 12.3. The normalized spacial score (nSPS) is 19.6. The van der Waals surface area contributed by atoms with Crippen LogP contribution in [0.15, 0.2) is 11.1 Å². The van der Waals surface area contributed by atoms with Gasteiger partial charge in [-0.15, -0.1) is 0 Å². The van der Waals surface area contributed by atoms with Crippen molar-refractivity contribution in [3.05, 3.63) is 11.9 Å². The highest BCUT2D eigenvalue weighted by atomic mass is 32.2. The molecule has 1 saturated heterocycles. The lowest BCUT2D eigenvalue weighted by Crippen LogP contribution is -2.34. The van der Waals surface area contributed by atoms with E-state index in [0.717, 1.165) is 13.0 Å². The highest BCUT2D eigenvalue weighted by Gasteiger charge is 2.27. The Morgan fingerprint density at radius 1 is 1.38 bits per heavy atom. The largest absolute Gasteiger partial charge is 0.315 e. The van der Waals surface area contributed by atoms with Crippen molar-refractivity contribution in [1.82, 2.24) is 19.8 Å². The summed E-state index contributed by atoms with van der Waals surface area (Å²) in [6.45, 7) is 4.38. The van der Waals surface area contributed by atoms with Crippen molar-refractivity contribution in [3.8, 4) is 0 Å². The molecule has 0 aromatic carbocycles. The first-order chi connectivity index (χ1) is 7.62. The Balaban J connectivity index is 2.27. The lowest BCUT2D eigenvalue weighted by Gasteiger charge is -2.18. The summed E-state index contributed by atoms with van der Waals surface area (Å²) in [6, 6.07) is 0. The Bertz CT molecular complexity index is 446. The third kappa shape index (κ3) is 2.11. The SMILES string of the molecule is Cc1[nH]ncc1S(=O)(=O)N1CCCNCC1. The van der Waals surface area contributed by atoms with Crippen LogP contribution in [0.1, 0.15) is 12.1 Å². The second kappa shape index (κ2) is 4.52. The number of H-pyrrole nitrogens is 1. The fourth-order valence-electron chi connectivity index (χ4n) is 1.80. The first kappa shape index (κ1) is 11.6. The maximum absolute atomic E-state index is 12.3. The quantitative estimate of drug-likeness (QED) is 0.749. The zero-order chi connectivity index (χ0) is 11.6. The molecule has 90 valence electrons. The predicted octanol–water partition coefficient (Wildman–Crippen LogP) is -0.298. The molecule has 2 N–H and O–H groups in total. The first-order valence-electron chi connectivity index (χ1n) is 5.33. The molecule has 0 bridgehead atoms. The monoisotopic (exact) mass is 244 g/mol. The molecule has 2 heterocycles. The summed E-state index contributed by atoms with van der Waals surface area (Å²) in [5.74, 6) is 0. The molecule has 0 amide bonds. The minimum absolute atomic E-state index is 0.286. The summed E-state index contributed by atoms with van der Waals surface area (Å²) in [4.78, 5) is 0.286. The van der Waals surface area contributed by atoms with Crippen LogP contribution in [0, 0.1) is 6.92 Å². The van der Waals surface area contributed by atoms with Crippen LogP contribution in [0.25, 0.3) is 0 Å². The van der Waals surface area contributed by atoms with Crippen molar-refractivity contribution >= 4 is 10.0 Å². The fraction of sp³-hybridized carbons (Fsp3) is 0.667. The molecule has 2 rings (SSSR count). The van der Waals surface area contributed by atoms with E-state index in [2.05, 4.69) is 15.5 Å². The minimum Gasteiger partial charge on any atom is -0.315 e. The van der Waals surface area contributed by atoms with Crippen molar-refractivity contribution in [2.24, 2.45) is 0 Å². The van der Waals surface area contributed by atoms with Crippen molar-refractivity contribution in [1.29, 1.82) is 0 Å². The minimum atomic E-state index is -3.37. The number of sulfonamides is 1. The van der Waals surface area contributed by atoms with Gasteiger partial charge in [-0.3, -0.25) is 5.10 Å². The smallest absolute Gasteiger partial charge is 0.246 e. The van der Waals surface area contributed by atoms with Crippen molar-refractivity contribution in [2.45, 2.75) is 18.2 Å². The Morgan fingerprint density at radius 3 is 2.88 bits per heavy atom. The van der Waals surface area contributed by atoms with Crippen LogP contribution in [0.3, 0.4) is 0 Å². The molecule has 0 atom stereocenters. The van der Waals surface area contributed by atoms with E-state index in [1.807, 2.05) is 0 Å². The van der Waals surface area contributed by atoms with E-state index < -0.39 is 10.0 Å².